The van der Waals surface area contributed by atoms with Crippen molar-refractivity contribution in [3.8, 4) is 0 Å². The summed E-state index contributed by atoms with van der Waals surface area (Å²) in [5.74, 6) is 0. The van der Waals surface area contributed by atoms with Crippen molar-refractivity contribution in [1.82, 2.24) is 5.32 Å². The molecule has 0 spiro atoms. The Labute approximate surface area is 205 Å². The molecule has 3 heteroatoms. The summed E-state index contributed by atoms with van der Waals surface area (Å²) in [5.41, 5.74) is 0. The molecule has 0 radical (unpaired) electrons. The fraction of sp³-hybridized carbons (Fsp3) is 0.600. The smallest absolute Gasteiger partial charge is 0.261 e. The number of rotatable bonds is 17. The van der Waals surface area contributed by atoms with E-state index in [1.165, 1.54) is 74.6 Å². The number of hydrogen-bond acceptors (Lipinski definition) is 2. The Morgan fingerprint density at radius 3 is 1.55 bits per heavy atom. The van der Waals surface area contributed by atoms with Gasteiger partial charge in [0, 0.05) is 13.2 Å². The first kappa shape index (κ1) is 27.8. The minimum absolute atomic E-state index is 0.0479. The quantitative estimate of drug-likeness (QED) is 0.198. The van der Waals surface area contributed by atoms with Crippen LogP contribution in [0.2, 0.25) is 5.04 Å². The van der Waals surface area contributed by atoms with Crippen LogP contribution in [0.4, 0.5) is 0 Å². The monoisotopic (exact) mass is 467 g/mol. The summed E-state index contributed by atoms with van der Waals surface area (Å²) in [6.45, 7) is 12.1. The first-order valence-electron chi connectivity index (χ1n) is 13.5. The lowest BCUT2D eigenvalue weighted by atomic mass is 10.1. The van der Waals surface area contributed by atoms with Crippen LogP contribution in [0.15, 0.2) is 60.7 Å². The maximum absolute atomic E-state index is 6.94. The molecule has 0 atom stereocenters. The first-order valence-corrected chi connectivity index (χ1v) is 15.4. The molecule has 1 N–H and O–H groups in total. The van der Waals surface area contributed by atoms with E-state index in [0.717, 1.165) is 19.7 Å². The van der Waals surface area contributed by atoms with Gasteiger partial charge in [-0.15, -0.1) is 0 Å². The van der Waals surface area contributed by atoms with Crippen LogP contribution >= 0.6 is 0 Å². The predicted octanol–water partition coefficient (Wildman–Crippen LogP) is 7.07. The molecular formula is C30H49NOSi. The van der Waals surface area contributed by atoms with E-state index in [-0.39, 0.29) is 5.04 Å². The summed E-state index contributed by atoms with van der Waals surface area (Å²) in [4.78, 5) is 0. The lowest BCUT2D eigenvalue weighted by Gasteiger charge is -2.43. The normalized spacial score (nSPS) is 12.2. The highest BCUT2D eigenvalue weighted by molar-refractivity contribution is 6.99. The van der Waals surface area contributed by atoms with Gasteiger partial charge in [-0.1, -0.05) is 146 Å². The second-order valence-electron chi connectivity index (χ2n) is 10.4. The van der Waals surface area contributed by atoms with E-state index in [1.54, 1.807) is 0 Å². The van der Waals surface area contributed by atoms with Gasteiger partial charge in [-0.2, -0.15) is 0 Å². The average molecular weight is 468 g/mol. The summed E-state index contributed by atoms with van der Waals surface area (Å²) < 4.78 is 6.94. The number of nitrogens with one attached hydrogen (secondary N) is 1. The van der Waals surface area contributed by atoms with E-state index in [1.807, 2.05) is 0 Å². The second-order valence-corrected chi connectivity index (χ2v) is 14.7. The lowest BCUT2D eigenvalue weighted by Crippen LogP contribution is -2.67. The number of benzene rings is 2. The topological polar surface area (TPSA) is 21.3 Å². The molecule has 2 rings (SSSR count). The van der Waals surface area contributed by atoms with Crippen LogP contribution in [0.1, 0.15) is 91.9 Å². The first-order chi connectivity index (χ1) is 16.0. The van der Waals surface area contributed by atoms with Crippen molar-refractivity contribution in [2.24, 2.45) is 0 Å². The molecule has 0 aliphatic rings. The molecule has 0 unspecified atom stereocenters. The molecule has 2 aromatic carbocycles. The average Bonchev–Trinajstić information content (AvgIpc) is 2.82. The van der Waals surface area contributed by atoms with Crippen LogP contribution in [0.25, 0.3) is 0 Å². The fourth-order valence-corrected chi connectivity index (χ4v) is 9.46. The molecule has 0 heterocycles. The molecule has 0 amide bonds. The molecule has 0 bridgehead atoms. The van der Waals surface area contributed by atoms with Gasteiger partial charge in [0.1, 0.15) is 0 Å². The zero-order valence-corrected chi connectivity index (χ0v) is 22.9. The van der Waals surface area contributed by atoms with E-state index in [4.69, 9.17) is 4.43 Å². The van der Waals surface area contributed by atoms with E-state index in [9.17, 15) is 0 Å². The Hall–Kier alpha value is -1.42. The molecule has 2 nitrogen and oxygen atoms in total. The number of unbranched alkanes of at least 4 members (excludes halogenated alkanes) is 9. The molecule has 184 valence electrons. The molecule has 0 saturated heterocycles. The van der Waals surface area contributed by atoms with Crippen molar-refractivity contribution in [2.45, 2.75) is 96.9 Å². The van der Waals surface area contributed by atoms with Gasteiger partial charge in [-0.05, 0) is 28.4 Å². The highest BCUT2D eigenvalue weighted by Gasteiger charge is 2.49. The van der Waals surface area contributed by atoms with E-state index >= 15 is 0 Å². The fourth-order valence-electron chi connectivity index (χ4n) is 4.90. The summed E-state index contributed by atoms with van der Waals surface area (Å²) >= 11 is 0. The lowest BCUT2D eigenvalue weighted by molar-refractivity contribution is 0.295. The number of hydrogen-bond donors (Lipinski definition) is 1. The summed E-state index contributed by atoms with van der Waals surface area (Å²) in [6.07, 6.45) is 13.9. The van der Waals surface area contributed by atoms with Gasteiger partial charge in [0.2, 0.25) is 0 Å². The van der Waals surface area contributed by atoms with Crippen LogP contribution in [0.5, 0.6) is 0 Å². The van der Waals surface area contributed by atoms with Gasteiger partial charge in [-0.3, -0.25) is 0 Å². The van der Waals surface area contributed by atoms with E-state index in [2.05, 4.69) is 93.7 Å². The van der Waals surface area contributed by atoms with Gasteiger partial charge in [0.05, 0.1) is 0 Å². The van der Waals surface area contributed by atoms with Crippen molar-refractivity contribution in [3.05, 3.63) is 60.7 Å². The van der Waals surface area contributed by atoms with Crippen LogP contribution in [0.3, 0.4) is 0 Å². The second kappa shape index (κ2) is 15.5. The van der Waals surface area contributed by atoms with Crippen LogP contribution < -0.4 is 15.7 Å². The van der Waals surface area contributed by atoms with E-state index < -0.39 is 8.32 Å². The molecule has 0 aliphatic heterocycles. The van der Waals surface area contributed by atoms with Crippen molar-refractivity contribution in [2.75, 3.05) is 19.7 Å². The largest absolute Gasteiger partial charge is 0.406 e. The van der Waals surface area contributed by atoms with Gasteiger partial charge in [-0.25, -0.2) is 0 Å². The van der Waals surface area contributed by atoms with Crippen molar-refractivity contribution in [3.63, 3.8) is 0 Å². The highest BCUT2D eigenvalue weighted by atomic mass is 28.4. The third kappa shape index (κ3) is 9.03. The van der Waals surface area contributed by atoms with Gasteiger partial charge >= 0.3 is 0 Å². The summed E-state index contributed by atoms with van der Waals surface area (Å²) in [5, 5.41) is 6.40. The Morgan fingerprint density at radius 1 is 0.636 bits per heavy atom. The van der Waals surface area contributed by atoms with Gasteiger partial charge in [0.25, 0.3) is 8.32 Å². The zero-order chi connectivity index (χ0) is 23.8. The minimum Gasteiger partial charge on any atom is -0.406 e. The van der Waals surface area contributed by atoms with Crippen molar-refractivity contribution < 1.29 is 4.43 Å². The molecule has 0 aromatic heterocycles. The summed E-state index contributed by atoms with van der Waals surface area (Å²) in [6, 6.07) is 21.9. The molecular weight excluding hydrogens is 418 g/mol. The molecule has 0 aliphatic carbocycles. The molecule has 0 saturated carbocycles. The Kier molecular flexibility index (Phi) is 13.0. The molecule has 0 fully saturated rings. The standard InChI is InChI=1S/C30H49NOSi/c1-5-6-7-8-9-10-11-12-13-20-25-31-26-27-32-33(30(2,3)4,28-21-16-14-17-22-28)29-23-18-15-19-24-29/h14-19,21-24,31H,5-13,20,25-27H2,1-4H3. The van der Waals surface area contributed by atoms with Gasteiger partial charge < -0.3 is 9.74 Å². The Balaban J connectivity index is 1.77. The zero-order valence-electron chi connectivity index (χ0n) is 21.9. The van der Waals surface area contributed by atoms with Crippen molar-refractivity contribution >= 4 is 18.7 Å². The van der Waals surface area contributed by atoms with Crippen LogP contribution in [-0.2, 0) is 4.43 Å². The molecule has 2 aromatic rings. The van der Waals surface area contributed by atoms with Crippen LogP contribution in [0, 0.1) is 0 Å². The predicted molar refractivity (Wildman–Crippen MR) is 148 cm³/mol. The highest BCUT2D eigenvalue weighted by Crippen LogP contribution is 2.36. The Bertz CT molecular complexity index is 686. The third-order valence-corrected chi connectivity index (χ3v) is 11.8. The minimum atomic E-state index is -2.39. The van der Waals surface area contributed by atoms with Crippen molar-refractivity contribution in [1.29, 1.82) is 0 Å². The molecule has 33 heavy (non-hydrogen) atoms. The Morgan fingerprint density at radius 2 is 1.09 bits per heavy atom. The third-order valence-electron chi connectivity index (χ3n) is 6.72. The summed E-state index contributed by atoms with van der Waals surface area (Å²) in [7, 11) is -2.39. The maximum atomic E-state index is 6.94. The van der Waals surface area contributed by atoms with E-state index in [0.29, 0.717) is 0 Å². The SMILES string of the molecule is CCCCCCCCCCCCNCCO[Si](c1ccccc1)(c1ccccc1)C(C)(C)C. The van der Waals surface area contributed by atoms with Crippen LogP contribution in [-0.4, -0.2) is 28.0 Å². The van der Waals surface area contributed by atoms with Gasteiger partial charge in [0.15, 0.2) is 0 Å². The maximum Gasteiger partial charge on any atom is 0.261 e.